The van der Waals surface area contributed by atoms with Crippen LogP contribution < -0.4 is 4.74 Å². The van der Waals surface area contributed by atoms with Gasteiger partial charge in [0, 0.05) is 5.02 Å². The molecular formula is C17H15ClO2. The van der Waals surface area contributed by atoms with E-state index in [0.717, 1.165) is 5.56 Å². The van der Waals surface area contributed by atoms with Gasteiger partial charge in [-0.2, -0.15) is 0 Å². The normalized spacial score (nSPS) is 17.6. The first-order valence-electron chi connectivity index (χ1n) is 6.60. The van der Waals surface area contributed by atoms with Crippen molar-refractivity contribution in [2.24, 2.45) is 0 Å². The van der Waals surface area contributed by atoms with Gasteiger partial charge in [0.25, 0.3) is 0 Å². The number of benzene rings is 2. The van der Waals surface area contributed by atoms with E-state index < -0.39 is 0 Å². The van der Waals surface area contributed by atoms with E-state index in [1.54, 1.807) is 18.2 Å². The highest BCUT2D eigenvalue weighted by atomic mass is 35.5. The second kappa shape index (κ2) is 4.95. The first-order chi connectivity index (χ1) is 9.52. The van der Waals surface area contributed by atoms with E-state index in [9.17, 15) is 4.79 Å². The lowest BCUT2D eigenvalue weighted by Crippen LogP contribution is -2.20. The van der Waals surface area contributed by atoms with Gasteiger partial charge in [0.05, 0.1) is 12.0 Å². The molecule has 3 rings (SSSR count). The third kappa shape index (κ3) is 2.44. The first-order valence-corrected chi connectivity index (χ1v) is 6.98. The van der Waals surface area contributed by atoms with Crippen molar-refractivity contribution in [3.8, 4) is 5.75 Å². The van der Waals surface area contributed by atoms with Gasteiger partial charge in [-0.3, -0.25) is 4.79 Å². The maximum atomic E-state index is 12.3. The smallest absolute Gasteiger partial charge is 0.170 e. The second-order valence-corrected chi connectivity index (χ2v) is 5.73. The van der Waals surface area contributed by atoms with Gasteiger partial charge in [-0.15, -0.1) is 0 Å². The Morgan fingerprint density at radius 3 is 2.50 bits per heavy atom. The third-order valence-corrected chi connectivity index (χ3v) is 3.73. The average molecular weight is 287 g/mol. The van der Waals surface area contributed by atoms with Crippen LogP contribution in [0.25, 0.3) is 0 Å². The average Bonchev–Trinajstić information content (AvgIpc) is 2.38. The van der Waals surface area contributed by atoms with Crippen LogP contribution in [0.4, 0.5) is 0 Å². The summed E-state index contributed by atoms with van der Waals surface area (Å²) in [7, 11) is 0. The van der Waals surface area contributed by atoms with Crippen molar-refractivity contribution in [3.05, 3.63) is 63.7 Å². The molecule has 0 aliphatic carbocycles. The van der Waals surface area contributed by atoms with Gasteiger partial charge in [0.1, 0.15) is 11.9 Å². The number of hydrogen-bond acceptors (Lipinski definition) is 2. The van der Waals surface area contributed by atoms with Crippen molar-refractivity contribution in [1.29, 1.82) is 0 Å². The minimum absolute atomic E-state index is 0.0814. The van der Waals surface area contributed by atoms with E-state index in [1.807, 2.05) is 0 Å². The van der Waals surface area contributed by atoms with Crippen molar-refractivity contribution < 1.29 is 9.53 Å². The molecule has 0 amide bonds. The molecule has 0 fully saturated rings. The van der Waals surface area contributed by atoms with Gasteiger partial charge in [0.2, 0.25) is 0 Å². The molecule has 3 heteroatoms. The summed E-state index contributed by atoms with van der Waals surface area (Å²) in [6.45, 7) is 4.10. The maximum Gasteiger partial charge on any atom is 0.170 e. The Morgan fingerprint density at radius 1 is 1.10 bits per heavy atom. The number of halogens is 1. The number of aryl methyl sites for hydroxylation is 2. The fourth-order valence-electron chi connectivity index (χ4n) is 2.68. The molecule has 20 heavy (non-hydrogen) atoms. The number of hydrogen-bond donors (Lipinski definition) is 0. The maximum absolute atomic E-state index is 12.3. The second-order valence-electron chi connectivity index (χ2n) is 5.30. The number of rotatable bonds is 1. The zero-order valence-corrected chi connectivity index (χ0v) is 12.2. The Bertz CT molecular complexity index is 671. The molecule has 0 spiro atoms. The topological polar surface area (TPSA) is 26.3 Å². The van der Waals surface area contributed by atoms with Crippen LogP contribution in [-0.4, -0.2) is 5.78 Å². The van der Waals surface area contributed by atoms with E-state index in [4.69, 9.17) is 16.3 Å². The fraction of sp³-hybridized carbons (Fsp3) is 0.235. The highest BCUT2D eigenvalue weighted by molar-refractivity contribution is 6.31. The van der Waals surface area contributed by atoms with Crippen LogP contribution in [-0.2, 0) is 0 Å². The first kappa shape index (κ1) is 13.2. The van der Waals surface area contributed by atoms with Crippen molar-refractivity contribution in [2.45, 2.75) is 26.4 Å². The molecule has 2 aromatic carbocycles. The zero-order valence-electron chi connectivity index (χ0n) is 11.4. The van der Waals surface area contributed by atoms with E-state index in [0.29, 0.717) is 22.8 Å². The van der Waals surface area contributed by atoms with Crippen LogP contribution in [0.1, 0.15) is 39.6 Å². The number of carbonyl (C=O) groups excluding carboxylic acids is 1. The summed E-state index contributed by atoms with van der Waals surface area (Å²) in [6, 6.07) is 11.5. The molecule has 0 bridgehead atoms. The Hall–Kier alpha value is -1.80. The van der Waals surface area contributed by atoms with Gasteiger partial charge >= 0.3 is 0 Å². The Labute approximate surface area is 123 Å². The molecule has 1 aliphatic heterocycles. The summed E-state index contributed by atoms with van der Waals surface area (Å²) >= 11 is 5.93. The predicted octanol–water partition coefficient (Wildman–Crippen LogP) is 4.66. The molecule has 0 saturated heterocycles. The van der Waals surface area contributed by atoms with Gasteiger partial charge in [-0.1, -0.05) is 40.9 Å². The molecule has 2 aromatic rings. The highest BCUT2D eigenvalue weighted by Crippen LogP contribution is 2.36. The SMILES string of the molecule is Cc1cc(C)cc(C2CC(=O)c3cc(Cl)ccc3O2)c1. The summed E-state index contributed by atoms with van der Waals surface area (Å²) in [6.07, 6.45) is 0.144. The van der Waals surface area contributed by atoms with Gasteiger partial charge in [-0.25, -0.2) is 0 Å². The Kier molecular flexibility index (Phi) is 3.27. The Morgan fingerprint density at radius 2 is 1.80 bits per heavy atom. The minimum Gasteiger partial charge on any atom is -0.484 e. The van der Waals surface area contributed by atoms with Crippen molar-refractivity contribution in [1.82, 2.24) is 0 Å². The number of fused-ring (bicyclic) bond motifs is 1. The number of Topliss-reactive ketones (excluding diaryl/α,β-unsaturated/α-hetero) is 1. The summed E-state index contributed by atoms with van der Waals surface area (Å²) < 4.78 is 5.97. The third-order valence-electron chi connectivity index (χ3n) is 3.50. The van der Waals surface area contributed by atoms with E-state index >= 15 is 0 Å². The van der Waals surface area contributed by atoms with Crippen LogP contribution in [0.2, 0.25) is 5.02 Å². The molecule has 2 nitrogen and oxygen atoms in total. The standard InChI is InChI=1S/C17H15ClO2/c1-10-5-11(2)7-12(6-10)17-9-15(19)14-8-13(18)3-4-16(14)20-17/h3-8,17H,9H2,1-2H3. The molecular weight excluding hydrogens is 272 g/mol. The molecule has 0 N–H and O–H groups in total. The van der Waals surface area contributed by atoms with E-state index in [2.05, 4.69) is 32.0 Å². The molecule has 0 saturated carbocycles. The molecule has 0 aromatic heterocycles. The lowest BCUT2D eigenvalue weighted by Gasteiger charge is -2.26. The largest absolute Gasteiger partial charge is 0.484 e. The molecule has 102 valence electrons. The van der Waals surface area contributed by atoms with Gasteiger partial charge in [0.15, 0.2) is 5.78 Å². The monoisotopic (exact) mass is 286 g/mol. The number of ketones is 1. The molecule has 0 radical (unpaired) electrons. The lowest BCUT2D eigenvalue weighted by atomic mass is 9.94. The Balaban J connectivity index is 1.99. The molecule has 1 unspecified atom stereocenters. The molecule has 1 heterocycles. The van der Waals surface area contributed by atoms with Crippen LogP contribution >= 0.6 is 11.6 Å². The van der Waals surface area contributed by atoms with Crippen LogP contribution in [0.15, 0.2) is 36.4 Å². The van der Waals surface area contributed by atoms with Crippen molar-refractivity contribution in [3.63, 3.8) is 0 Å². The van der Waals surface area contributed by atoms with Crippen molar-refractivity contribution >= 4 is 17.4 Å². The number of carbonyl (C=O) groups is 1. The summed E-state index contributed by atoms with van der Waals surface area (Å²) in [5, 5.41) is 0.561. The van der Waals surface area contributed by atoms with Gasteiger partial charge in [-0.05, 0) is 37.6 Å². The van der Waals surface area contributed by atoms with Crippen LogP contribution in [0.5, 0.6) is 5.75 Å². The highest BCUT2D eigenvalue weighted by Gasteiger charge is 2.27. The fourth-order valence-corrected chi connectivity index (χ4v) is 2.85. The summed E-state index contributed by atoms with van der Waals surface area (Å²) in [4.78, 5) is 12.3. The zero-order chi connectivity index (χ0) is 14.3. The van der Waals surface area contributed by atoms with Crippen LogP contribution in [0, 0.1) is 13.8 Å². The van der Waals surface area contributed by atoms with E-state index in [1.165, 1.54) is 11.1 Å². The van der Waals surface area contributed by atoms with Crippen molar-refractivity contribution in [2.75, 3.05) is 0 Å². The predicted molar refractivity (Wildman–Crippen MR) is 79.7 cm³/mol. The molecule has 1 aliphatic rings. The van der Waals surface area contributed by atoms with Gasteiger partial charge < -0.3 is 4.74 Å². The lowest BCUT2D eigenvalue weighted by molar-refractivity contribution is 0.0850. The molecule has 1 atom stereocenters. The summed E-state index contributed by atoms with van der Waals surface area (Å²) in [5.74, 6) is 0.702. The quantitative estimate of drug-likeness (QED) is 0.762. The van der Waals surface area contributed by atoms with E-state index in [-0.39, 0.29) is 11.9 Å². The minimum atomic E-state index is -0.213. The van der Waals surface area contributed by atoms with Crippen LogP contribution in [0.3, 0.4) is 0 Å². The summed E-state index contributed by atoms with van der Waals surface area (Å²) in [5.41, 5.74) is 3.99. The number of ether oxygens (including phenoxy) is 1.